The zero-order valence-corrected chi connectivity index (χ0v) is 13.1. The highest BCUT2D eigenvalue weighted by Gasteiger charge is 2.34. The predicted octanol–water partition coefficient (Wildman–Crippen LogP) is 1.97. The summed E-state index contributed by atoms with van der Waals surface area (Å²) < 4.78 is 5.02. The molecule has 1 aromatic rings. The highest BCUT2D eigenvalue weighted by molar-refractivity contribution is 6.43. The van der Waals surface area contributed by atoms with Gasteiger partial charge < -0.3 is 15.0 Å². The molecule has 0 aliphatic carbocycles. The van der Waals surface area contributed by atoms with Crippen LogP contribution in [0.2, 0.25) is 10.0 Å². The van der Waals surface area contributed by atoms with Crippen LogP contribution in [0.25, 0.3) is 0 Å². The van der Waals surface area contributed by atoms with Crippen LogP contribution >= 0.6 is 23.2 Å². The lowest BCUT2D eigenvalue weighted by atomic mass is 10.1. The number of nitrogens with one attached hydrogen (secondary N) is 1. The van der Waals surface area contributed by atoms with E-state index in [1.807, 2.05) is 0 Å². The maximum absolute atomic E-state index is 12.6. The van der Waals surface area contributed by atoms with Crippen molar-refractivity contribution in [3.63, 3.8) is 0 Å². The van der Waals surface area contributed by atoms with Gasteiger partial charge >= 0.3 is 5.97 Å². The molecule has 1 atom stereocenters. The van der Waals surface area contributed by atoms with E-state index in [0.29, 0.717) is 30.2 Å². The second-order valence-corrected chi connectivity index (χ2v) is 5.36. The van der Waals surface area contributed by atoms with Crippen molar-refractivity contribution in [2.45, 2.75) is 13.0 Å². The van der Waals surface area contributed by atoms with Crippen molar-refractivity contribution in [1.82, 2.24) is 10.2 Å². The number of halogens is 2. The molecule has 0 spiro atoms. The van der Waals surface area contributed by atoms with Crippen molar-refractivity contribution in [1.29, 1.82) is 0 Å². The maximum Gasteiger partial charge on any atom is 0.330 e. The minimum absolute atomic E-state index is 0.199. The number of piperazine rings is 1. The van der Waals surface area contributed by atoms with Crippen molar-refractivity contribution in [3.05, 3.63) is 33.8 Å². The van der Waals surface area contributed by atoms with Crippen LogP contribution in [0.5, 0.6) is 0 Å². The summed E-state index contributed by atoms with van der Waals surface area (Å²) in [4.78, 5) is 26.1. The second-order valence-electron chi connectivity index (χ2n) is 4.57. The van der Waals surface area contributed by atoms with E-state index < -0.39 is 12.0 Å². The Labute approximate surface area is 133 Å². The third kappa shape index (κ3) is 3.48. The molecule has 0 bridgehead atoms. The van der Waals surface area contributed by atoms with Crippen molar-refractivity contribution in [2.75, 3.05) is 26.2 Å². The van der Waals surface area contributed by atoms with Gasteiger partial charge in [0, 0.05) is 19.6 Å². The molecule has 0 radical (unpaired) electrons. The van der Waals surface area contributed by atoms with Crippen LogP contribution in [0.4, 0.5) is 0 Å². The molecule has 21 heavy (non-hydrogen) atoms. The summed E-state index contributed by atoms with van der Waals surface area (Å²) in [5, 5.41) is 3.59. The molecular formula is C14H16Cl2N2O3. The molecule has 1 heterocycles. The van der Waals surface area contributed by atoms with Gasteiger partial charge in [-0.2, -0.15) is 0 Å². The largest absolute Gasteiger partial charge is 0.464 e. The molecule has 114 valence electrons. The predicted molar refractivity (Wildman–Crippen MR) is 80.8 cm³/mol. The van der Waals surface area contributed by atoms with E-state index in [4.69, 9.17) is 27.9 Å². The summed E-state index contributed by atoms with van der Waals surface area (Å²) in [5.74, 6) is -0.738. The van der Waals surface area contributed by atoms with Crippen molar-refractivity contribution >= 4 is 35.1 Å². The summed E-state index contributed by atoms with van der Waals surface area (Å²) in [7, 11) is 0. The maximum atomic E-state index is 12.6. The number of hydrogen-bond acceptors (Lipinski definition) is 4. The fourth-order valence-corrected chi connectivity index (χ4v) is 2.60. The number of nitrogens with zero attached hydrogens (tertiary/aromatic N) is 1. The number of benzene rings is 1. The highest BCUT2D eigenvalue weighted by atomic mass is 35.5. The number of carbonyl (C=O) groups excluding carboxylic acids is 2. The summed E-state index contributed by atoms with van der Waals surface area (Å²) in [6.07, 6.45) is 0. The molecule has 0 saturated carbocycles. The molecule has 1 saturated heterocycles. The van der Waals surface area contributed by atoms with Crippen molar-refractivity contribution in [3.8, 4) is 0 Å². The lowest BCUT2D eigenvalue weighted by Gasteiger charge is -2.34. The number of rotatable bonds is 3. The Balaban J connectivity index is 2.26. The molecule has 1 aliphatic rings. The fourth-order valence-electron chi connectivity index (χ4n) is 2.22. The Morgan fingerprint density at radius 3 is 2.90 bits per heavy atom. The van der Waals surface area contributed by atoms with Crippen LogP contribution in [0, 0.1) is 0 Å². The molecule has 5 nitrogen and oxygen atoms in total. The van der Waals surface area contributed by atoms with Crippen LogP contribution in [0.3, 0.4) is 0 Å². The van der Waals surface area contributed by atoms with Gasteiger partial charge in [-0.15, -0.1) is 0 Å². The van der Waals surface area contributed by atoms with E-state index in [9.17, 15) is 9.59 Å². The van der Waals surface area contributed by atoms with E-state index in [2.05, 4.69) is 5.32 Å². The van der Waals surface area contributed by atoms with Crippen LogP contribution in [0.1, 0.15) is 17.3 Å². The van der Waals surface area contributed by atoms with Gasteiger partial charge in [-0.05, 0) is 19.1 Å². The minimum atomic E-state index is -0.652. The van der Waals surface area contributed by atoms with Crippen LogP contribution in [-0.2, 0) is 9.53 Å². The van der Waals surface area contributed by atoms with Gasteiger partial charge in [0.05, 0.1) is 22.2 Å². The summed E-state index contributed by atoms with van der Waals surface area (Å²) in [6.45, 7) is 3.39. The monoisotopic (exact) mass is 330 g/mol. The van der Waals surface area contributed by atoms with Gasteiger partial charge in [0.15, 0.2) is 0 Å². The normalized spacial score (nSPS) is 18.4. The molecule has 2 rings (SSSR count). The van der Waals surface area contributed by atoms with E-state index in [-0.39, 0.29) is 17.5 Å². The van der Waals surface area contributed by atoms with Crippen LogP contribution in [0.15, 0.2) is 18.2 Å². The van der Waals surface area contributed by atoms with Crippen LogP contribution in [-0.4, -0.2) is 49.1 Å². The number of esters is 1. The quantitative estimate of drug-likeness (QED) is 0.861. The van der Waals surface area contributed by atoms with Gasteiger partial charge in [0.2, 0.25) is 0 Å². The van der Waals surface area contributed by atoms with Crippen molar-refractivity contribution in [2.24, 2.45) is 0 Å². The van der Waals surface area contributed by atoms with Gasteiger partial charge in [-0.1, -0.05) is 29.3 Å². The van der Waals surface area contributed by atoms with E-state index in [1.54, 1.807) is 25.1 Å². The lowest BCUT2D eigenvalue weighted by Crippen LogP contribution is -2.57. The number of hydrogen-bond donors (Lipinski definition) is 1. The number of ether oxygens (including phenoxy) is 1. The third-order valence-corrected chi connectivity index (χ3v) is 4.06. The Morgan fingerprint density at radius 1 is 1.43 bits per heavy atom. The third-order valence-electron chi connectivity index (χ3n) is 3.24. The highest BCUT2D eigenvalue weighted by Crippen LogP contribution is 2.27. The molecule has 1 amide bonds. The number of carbonyl (C=O) groups is 2. The summed E-state index contributed by atoms with van der Waals surface area (Å²) >= 11 is 12.0. The topological polar surface area (TPSA) is 58.6 Å². The zero-order valence-electron chi connectivity index (χ0n) is 11.6. The van der Waals surface area contributed by atoms with E-state index in [1.165, 1.54) is 4.90 Å². The number of amides is 1. The average Bonchev–Trinajstić information content (AvgIpc) is 2.49. The molecular weight excluding hydrogens is 315 g/mol. The molecule has 0 aromatic heterocycles. The van der Waals surface area contributed by atoms with Gasteiger partial charge in [-0.25, -0.2) is 4.79 Å². The Bertz CT molecular complexity index is 551. The second kappa shape index (κ2) is 7.11. The molecule has 7 heteroatoms. The summed E-state index contributed by atoms with van der Waals surface area (Å²) in [6, 6.07) is 4.21. The average molecular weight is 331 g/mol. The lowest BCUT2D eigenvalue weighted by molar-refractivity contribution is -0.149. The Morgan fingerprint density at radius 2 is 2.19 bits per heavy atom. The first-order valence-electron chi connectivity index (χ1n) is 6.68. The van der Waals surface area contributed by atoms with Gasteiger partial charge in [-0.3, -0.25) is 4.79 Å². The smallest absolute Gasteiger partial charge is 0.330 e. The first kappa shape index (κ1) is 16.1. The Hall–Kier alpha value is -1.30. The van der Waals surface area contributed by atoms with E-state index >= 15 is 0 Å². The van der Waals surface area contributed by atoms with Crippen molar-refractivity contribution < 1.29 is 14.3 Å². The molecule has 1 aliphatic heterocycles. The Kier molecular flexibility index (Phi) is 5.45. The first-order chi connectivity index (χ1) is 10.1. The molecule has 1 unspecified atom stereocenters. The molecule has 1 aromatic carbocycles. The van der Waals surface area contributed by atoms with Crippen LogP contribution < -0.4 is 5.32 Å². The van der Waals surface area contributed by atoms with Gasteiger partial charge in [0.25, 0.3) is 5.91 Å². The first-order valence-corrected chi connectivity index (χ1v) is 7.44. The van der Waals surface area contributed by atoms with Gasteiger partial charge in [0.1, 0.15) is 6.04 Å². The molecule has 1 N–H and O–H groups in total. The standard InChI is InChI=1S/C14H16Cl2N2O3/c1-2-21-14(20)11-8-17-6-7-18(11)13(19)9-4-3-5-10(15)12(9)16/h3-5,11,17H,2,6-8H2,1H3. The zero-order chi connectivity index (χ0) is 15.4. The molecule has 1 fully saturated rings. The minimum Gasteiger partial charge on any atom is -0.464 e. The fraction of sp³-hybridized carbons (Fsp3) is 0.429. The SMILES string of the molecule is CCOC(=O)C1CNCCN1C(=O)c1cccc(Cl)c1Cl. The van der Waals surface area contributed by atoms with E-state index in [0.717, 1.165) is 0 Å². The summed E-state index contributed by atoms with van der Waals surface area (Å²) in [5.41, 5.74) is 0.292.